The Bertz CT molecular complexity index is 1030. The third kappa shape index (κ3) is 9.05. The minimum absolute atomic E-state index is 0.103. The van der Waals surface area contributed by atoms with E-state index in [1.54, 1.807) is 18.4 Å². The molecule has 1 aromatic heterocycles. The maximum absolute atomic E-state index is 13.0. The molecule has 208 valence electrons. The topological polar surface area (TPSA) is 66.9 Å². The Morgan fingerprint density at radius 2 is 1.68 bits per heavy atom. The number of amides is 2. The van der Waals surface area contributed by atoms with Crippen LogP contribution in [0.1, 0.15) is 82.1 Å². The van der Waals surface area contributed by atoms with Gasteiger partial charge in [-0.15, -0.1) is 11.3 Å². The second kappa shape index (κ2) is 15.8. The maximum Gasteiger partial charge on any atom is 0.289 e. The van der Waals surface area contributed by atoms with Crippen molar-refractivity contribution in [2.45, 2.75) is 90.7 Å². The summed E-state index contributed by atoms with van der Waals surface area (Å²) in [5.41, 5.74) is 3.25. The molecule has 0 aliphatic carbocycles. The molecule has 38 heavy (non-hydrogen) atoms. The van der Waals surface area contributed by atoms with E-state index < -0.39 is 12.0 Å². The quantitative estimate of drug-likeness (QED) is 0.197. The van der Waals surface area contributed by atoms with Crippen molar-refractivity contribution in [3.05, 3.63) is 46.2 Å². The number of Topliss-reactive ketones (excluding diaryl/α,β-unsaturated/α-hetero) is 1. The van der Waals surface area contributed by atoms with Gasteiger partial charge in [-0.05, 0) is 60.7 Å². The lowest BCUT2D eigenvalue weighted by atomic mass is 10.0. The Kier molecular flexibility index (Phi) is 12.5. The molecule has 0 bridgehead atoms. The lowest BCUT2D eigenvalue weighted by Crippen LogP contribution is -2.44. The monoisotopic (exact) mass is 540 g/mol. The first-order chi connectivity index (χ1) is 18.4. The van der Waals surface area contributed by atoms with Crippen LogP contribution in [0.5, 0.6) is 0 Å². The summed E-state index contributed by atoms with van der Waals surface area (Å²) in [5, 5.41) is 2.08. The van der Waals surface area contributed by atoms with Crippen LogP contribution in [0.15, 0.2) is 35.7 Å². The normalized spacial score (nSPS) is 14.3. The highest BCUT2D eigenvalue weighted by Gasteiger charge is 2.26. The van der Waals surface area contributed by atoms with Gasteiger partial charge in [-0.3, -0.25) is 14.4 Å². The molecule has 1 atom stereocenters. The second-order valence-electron chi connectivity index (χ2n) is 10.3. The van der Waals surface area contributed by atoms with E-state index in [-0.39, 0.29) is 11.7 Å². The van der Waals surface area contributed by atoms with Crippen LogP contribution in [0.25, 0.3) is 11.1 Å². The van der Waals surface area contributed by atoms with Crippen LogP contribution in [-0.4, -0.2) is 60.2 Å². The number of nitrogens with zero attached hydrogens (tertiary/aromatic N) is 2. The fourth-order valence-corrected chi connectivity index (χ4v) is 5.86. The van der Waals surface area contributed by atoms with Crippen molar-refractivity contribution in [3.8, 4) is 11.1 Å². The van der Waals surface area contributed by atoms with Gasteiger partial charge in [0.1, 0.15) is 6.10 Å². The third-order valence-corrected chi connectivity index (χ3v) is 8.08. The number of ether oxygens (including phenoxy) is 1. The fraction of sp³-hybridized carbons (Fsp3) is 0.581. The standard InChI is InChI=1S/C31H44N2O4S/c1-4-6-7-8-10-13-28(34)30(35)32(3)22-27-21-26(23-38-27)25-16-14-24(15-17-25)20-29(37-5-2)31(36)33-18-11-9-12-19-33/h14-17,21,23,29H,4-13,18-20,22H2,1-3H3/t29-/m0/s1. The number of likely N-dealkylation sites (N-methyl/N-ethyl adjacent to an activating group) is 1. The Morgan fingerprint density at radius 3 is 2.37 bits per heavy atom. The molecule has 0 N–H and O–H groups in total. The average molecular weight is 541 g/mol. The number of likely N-dealkylation sites (tertiary alicyclic amines) is 1. The molecule has 0 radical (unpaired) electrons. The molecule has 1 aliphatic rings. The van der Waals surface area contributed by atoms with E-state index in [9.17, 15) is 14.4 Å². The Hall–Kier alpha value is -2.51. The number of hydrogen-bond acceptors (Lipinski definition) is 5. The first-order valence-corrected chi connectivity index (χ1v) is 15.2. The van der Waals surface area contributed by atoms with Gasteiger partial charge in [0.25, 0.3) is 11.8 Å². The molecule has 0 spiro atoms. The zero-order valence-corrected chi connectivity index (χ0v) is 24.2. The van der Waals surface area contributed by atoms with E-state index in [0.29, 0.717) is 26.0 Å². The lowest BCUT2D eigenvalue weighted by Gasteiger charge is -2.30. The smallest absolute Gasteiger partial charge is 0.289 e. The first-order valence-electron chi connectivity index (χ1n) is 14.3. The number of rotatable bonds is 15. The minimum Gasteiger partial charge on any atom is -0.368 e. The molecule has 0 unspecified atom stereocenters. The number of thiophene rings is 1. The Balaban J connectivity index is 1.53. The van der Waals surface area contributed by atoms with E-state index >= 15 is 0 Å². The Labute approximate surface area is 232 Å². The minimum atomic E-state index is -0.441. The average Bonchev–Trinajstić information content (AvgIpc) is 3.41. The summed E-state index contributed by atoms with van der Waals surface area (Å²) in [7, 11) is 1.70. The van der Waals surface area contributed by atoms with Crippen molar-refractivity contribution in [2.75, 3.05) is 26.7 Å². The van der Waals surface area contributed by atoms with Crippen molar-refractivity contribution < 1.29 is 19.1 Å². The van der Waals surface area contributed by atoms with Crippen LogP contribution >= 0.6 is 11.3 Å². The predicted molar refractivity (Wildman–Crippen MR) is 154 cm³/mol. The van der Waals surface area contributed by atoms with Gasteiger partial charge in [0.05, 0.1) is 6.54 Å². The summed E-state index contributed by atoms with van der Waals surface area (Å²) in [4.78, 5) is 42.3. The molecule has 6 nitrogen and oxygen atoms in total. The highest BCUT2D eigenvalue weighted by Crippen LogP contribution is 2.27. The summed E-state index contributed by atoms with van der Waals surface area (Å²) < 4.78 is 5.84. The van der Waals surface area contributed by atoms with Crippen LogP contribution < -0.4 is 0 Å². The summed E-state index contributed by atoms with van der Waals surface area (Å²) in [6, 6.07) is 10.4. The Morgan fingerprint density at radius 1 is 0.974 bits per heavy atom. The van der Waals surface area contributed by atoms with Gasteiger partial charge < -0.3 is 14.5 Å². The van der Waals surface area contributed by atoms with Gasteiger partial charge in [-0.1, -0.05) is 56.9 Å². The molecule has 7 heteroatoms. The molecule has 1 aromatic carbocycles. The molecule has 1 saturated heterocycles. The maximum atomic E-state index is 13.0. The van der Waals surface area contributed by atoms with E-state index in [2.05, 4.69) is 42.6 Å². The van der Waals surface area contributed by atoms with E-state index in [1.165, 1.54) is 17.7 Å². The number of piperidine rings is 1. The number of unbranched alkanes of at least 4 members (excludes halogenated alkanes) is 4. The number of carbonyl (C=O) groups excluding carboxylic acids is 3. The summed E-state index contributed by atoms with van der Waals surface area (Å²) in [6.45, 7) is 6.70. The van der Waals surface area contributed by atoms with Crippen LogP contribution in [0, 0.1) is 0 Å². The summed E-state index contributed by atoms with van der Waals surface area (Å²) in [6.07, 6.45) is 9.05. The number of hydrogen-bond donors (Lipinski definition) is 0. The third-order valence-electron chi connectivity index (χ3n) is 7.16. The van der Waals surface area contributed by atoms with Crippen molar-refractivity contribution in [1.82, 2.24) is 9.80 Å². The summed E-state index contributed by atoms with van der Waals surface area (Å²) >= 11 is 1.59. The number of ketones is 1. The largest absolute Gasteiger partial charge is 0.368 e. The van der Waals surface area contributed by atoms with Crippen LogP contribution in [0.2, 0.25) is 0 Å². The molecular formula is C31H44N2O4S. The molecule has 3 rings (SSSR count). The molecule has 2 heterocycles. The van der Waals surface area contributed by atoms with Crippen LogP contribution in [0.3, 0.4) is 0 Å². The van der Waals surface area contributed by atoms with Crippen molar-refractivity contribution >= 4 is 28.9 Å². The molecule has 1 aliphatic heterocycles. The summed E-state index contributed by atoms with van der Waals surface area (Å²) in [5.74, 6) is -0.588. The number of carbonyl (C=O) groups is 3. The van der Waals surface area contributed by atoms with Crippen LogP contribution in [-0.2, 0) is 32.1 Å². The van der Waals surface area contributed by atoms with Gasteiger partial charge in [0.15, 0.2) is 0 Å². The van der Waals surface area contributed by atoms with Gasteiger partial charge in [-0.25, -0.2) is 0 Å². The lowest BCUT2D eigenvalue weighted by molar-refractivity contribution is -0.144. The van der Waals surface area contributed by atoms with Crippen molar-refractivity contribution in [3.63, 3.8) is 0 Å². The molecular weight excluding hydrogens is 496 g/mol. The molecule has 2 amide bonds. The molecule has 1 fully saturated rings. The van der Waals surface area contributed by atoms with Crippen molar-refractivity contribution in [1.29, 1.82) is 0 Å². The molecule has 0 saturated carbocycles. The number of benzene rings is 1. The van der Waals surface area contributed by atoms with Crippen molar-refractivity contribution in [2.24, 2.45) is 0 Å². The SMILES string of the molecule is CCCCCCCC(=O)C(=O)N(C)Cc1cc(-c2ccc(C[C@H](OCC)C(=O)N3CCCCC3)cc2)cs1. The van der Waals surface area contributed by atoms with Gasteiger partial charge in [-0.2, -0.15) is 0 Å². The first kappa shape index (κ1) is 30.0. The highest BCUT2D eigenvalue weighted by molar-refractivity contribution is 7.10. The highest BCUT2D eigenvalue weighted by atomic mass is 32.1. The van der Waals surface area contributed by atoms with Gasteiger partial charge in [0, 0.05) is 44.5 Å². The second-order valence-corrected chi connectivity index (χ2v) is 11.3. The predicted octanol–water partition coefficient (Wildman–Crippen LogP) is 6.26. The zero-order chi connectivity index (χ0) is 27.3. The van der Waals surface area contributed by atoms with Gasteiger partial charge >= 0.3 is 0 Å². The van der Waals surface area contributed by atoms with E-state index in [0.717, 1.165) is 73.2 Å². The molecule has 2 aromatic rings. The fourth-order valence-electron chi connectivity index (χ4n) is 4.91. The van der Waals surface area contributed by atoms with Gasteiger partial charge in [0.2, 0.25) is 5.78 Å². The zero-order valence-electron chi connectivity index (χ0n) is 23.4. The van der Waals surface area contributed by atoms with E-state index in [4.69, 9.17) is 4.74 Å². The van der Waals surface area contributed by atoms with Crippen LogP contribution in [0.4, 0.5) is 0 Å². The van der Waals surface area contributed by atoms with E-state index in [1.807, 2.05) is 11.8 Å².